The van der Waals surface area contributed by atoms with Crippen LogP contribution >= 0.6 is 0 Å². The van der Waals surface area contributed by atoms with E-state index >= 15 is 0 Å². The number of hydrogen-bond acceptors (Lipinski definition) is 2. The van der Waals surface area contributed by atoms with E-state index in [4.69, 9.17) is 0 Å². The second kappa shape index (κ2) is 5.86. The Kier molecular flexibility index (Phi) is 3.97. The third-order valence-electron chi connectivity index (χ3n) is 2.57. The van der Waals surface area contributed by atoms with Crippen molar-refractivity contribution in [2.75, 3.05) is 5.32 Å². The van der Waals surface area contributed by atoms with Crippen LogP contribution in [-0.2, 0) is 11.3 Å². The van der Waals surface area contributed by atoms with Crippen LogP contribution in [0.1, 0.15) is 23.0 Å². The second-order valence-electron chi connectivity index (χ2n) is 4.14. The Morgan fingerprint density at radius 3 is 2.47 bits per heavy atom. The van der Waals surface area contributed by atoms with Crippen molar-refractivity contribution in [1.82, 2.24) is 10.3 Å². The summed E-state index contributed by atoms with van der Waals surface area (Å²) in [5.41, 5.74) is 2.25. The highest BCUT2D eigenvalue weighted by Crippen LogP contribution is 2.09. The van der Waals surface area contributed by atoms with Crippen molar-refractivity contribution in [3.05, 3.63) is 53.9 Å². The molecule has 2 aromatic rings. The Labute approximate surface area is 111 Å². The number of nitrogens with one attached hydrogen (secondary N) is 3. The predicted molar refractivity (Wildman–Crippen MR) is 72.7 cm³/mol. The van der Waals surface area contributed by atoms with E-state index in [0.717, 1.165) is 11.3 Å². The van der Waals surface area contributed by atoms with Crippen LogP contribution in [0.4, 0.5) is 5.69 Å². The fourth-order valence-electron chi connectivity index (χ4n) is 1.66. The molecular formula is C14H15N3O2. The fourth-order valence-corrected chi connectivity index (χ4v) is 1.66. The lowest BCUT2D eigenvalue weighted by Crippen LogP contribution is -2.23. The zero-order valence-corrected chi connectivity index (χ0v) is 10.6. The predicted octanol–water partition coefficient (Wildman–Crippen LogP) is 1.90. The van der Waals surface area contributed by atoms with Gasteiger partial charge in [0.2, 0.25) is 5.91 Å². The standard InChI is InChI=1S/C14H15N3O2/c1-10(18)17-12-6-4-11(5-7-12)9-16-14(19)13-3-2-8-15-13/h2-8,15H,9H2,1H3,(H,16,19)(H,17,18). The van der Waals surface area contributed by atoms with Crippen molar-refractivity contribution in [3.8, 4) is 0 Å². The highest BCUT2D eigenvalue weighted by molar-refractivity contribution is 5.92. The Morgan fingerprint density at radius 1 is 1.16 bits per heavy atom. The number of rotatable bonds is 4. The Bertz CT molecular complexity index is 559. The highest BCUT2D eigenvalue weighted by atomic mass is 16.2. The molecule has 0 spiro atoms. The van der Waals surface area contributed by atoms with Crippen LogP contribution in [0.2, 0.25) is 0 Å². The number of anilines is 1. The molecule has 0 radical (unpaired) electrons. The molecule has 5 heteroatoms. The summed E-state index contributed by atoms with van der Waals surface area (Å²) in [5.74, 6) is -0.247. The third-order valence-corrected chi connectivity index (χ3v) is 2.57. The minimum Gasteiger partial charge on any atom is -0.357 e. The summed E-state index contributed by atoms with van der Waals surface area (Å²) >= 11 is 0. The first-order valence-electron chi connectivity index (χ1n) is 5.93. The average Bonchev–Trinajstić information content (AvgIpc) is 2.91. The first kappa shape index (κ1) is 12.9. The highest BCUT2D eigenvalue weighted by Gasteiger charge is 2.05. The molecule has 0 saturated heterocycles. The maximum Gasteiger partial charge on any atom is 0.267 e. The van der Waals surface area contributed by atoms with Crippen molar-refractivity contribution in [1.29, 1.82) is 0 Å². The van der Waals surface area contributed by atoms with Gasteiger partial charge in [-0.25, -0.2) is 0 Å². The Morgan fingerprint density at radius 2 is 1.89 bits per heavy atom. The number of H-pyrrole nitrogens is 1. The molecular weight excluding hydrogens is 242 g/mol. The number of benzene rings is 1. The van der Waals surface area contributed by atoms with Gasteiger partial charge in [-0.1, -0.05) is 12.1 Å². The van der Waals surface area contributed by atoms with Gasteiger partial charge in [-0.3, -0.25) is 9.59 Å². The first-order chi connectivity index (χ1) is 9.15. The number of hydrogen-bond donors (Lipinski definition) is 3. The van der Waals surface area contributed by atoms with Gasteiger partial charge in [-0.05, 0) is 29.8 Å². The summed E-state index contributed by atoms with van der Waals surface area (Å²) in [4.78, 5) is 25.4. The first-order valence-corrected chi connectivity index (χ1v) is 5.93. The molecule has 1 aromatic carbocycles. The van der Waals surface area contributed by atoms with Crippen molar-refractivity contribution in [2.45, 2.75) is 13.5 Å². The molecule has 3 N–H and O–H groups in total. The topological polar surface area (TPSA) is 74.0 Å². The molecule has 0 bridgehead atoms. The lowest BCUT2D eigenvalue weighted by atomic mass is 10.2. The minimum absolute atomic E-state index is 0.104. The van der Waals surface area contributed by atoms with Gasteiger partial charge in [-0.2, -0.15) is 0 Å². The smallest absolute Gasteiger partial charge is 0.267 e. The number of carbonyl (C=O) groups is 2. The molecule has 0 saturated carbocycles. The largest absolute Gasteiger partial charge is 0.357 e. The lowest BCUT2D eigenvalue weighted by molar-refractivity contribution is -0.114. The maximum absolute atomic E-state index is 11.7. The summed E-state index contributed by atoms with van der Waals surface area (Å²) in [6, 6.07) is 10.8. The molecule has 0 aliphatic carbocycles. The van der Waals surface area contributed by atoms with E-state index in [1.54, 1.807) is 30.5 Å². The average molecular weight is 257 g/mol. The van der Waals surface area contributed by atoms with E-state index in [-0.39, 0.29) is 11.8 Å². The summed E-state index contributed by atoms with van der Waals surface area (Å²) in [6.07, 6.45) is 1.71. The summed E-state index contributed by atoms with van der Waals surface area (Å²) < 4.78 is 0. The number of aromatic amines is 1. The molecule has 0 atom stereocenters. The normalized spacial score (nSPS) is 9.95. The molecule has 0 aliphatic rings. The molecule has 98 valence electrons. The van der Waals surface area contributed by atoms with Gasteiger partial charge in [0.05, 0.1) is 0 Å². The molecule has 0 aliphatic heterocycles. The van der Waals surface area contributed by atoms with Gasteiger partial charge in [0, 0.05) is 25.4 Å². The van der Waals surface area contributed by atoms with Crippen molar-refractivity contribution in [3.63, 3.8) is 0 Å². The van der Waals surface area contributed by atoms with Gasteiger partial charge in [0.25, 0.3) is 5.91 Å². The van der Waals surface area contributed by atoms with Crippen molar-refractivity contribution < 1.29 is 9.59 Å². The number of aromatic nitrogens is 1. The van der Waals surface area contributed by atoms with Crippen LogP contribution in [-0.4, -0.2) is 16.8 Å². The van der Waals surface area contributed by atoms with E-state index < -0.39 is 0 Å². The van der Waals surface area contributed by atoms with E-state index in [1.165, 1.54) is 6.92 Å². The zero-order chi connectivity index (χ0) is 13.7. The fraction of sp³-hybridized carbons (Fsp3) is 0.143. The molecule has 19 heavy (non-hydrogen) atoms. The van der Waals surface area contributed by atoms with E-state index in [9.17, 15) is 9.59 Å². The van der Waals surface area contributed by atoms with E-state index in [1.807, 2.05) is 12.1 Å². The summed E-state index contributed by atoms with van der Waals surface area (Å²) in [7, 11) is 0. The van der Waals surface area contributed by atoms with E-state index in [0.29, 0.717) is 12.2 Å². The van der Waals surface area contributed by atoms with Crippen LogP contribution in [0.5, 0.6) is 0 Å². The third kappa shape index (κ3) is 3.70. The summed E-state index contributed by atoms with van der Waals surface area (Å²) in [5, 5.41) is 5.49. The Balaban J connectivity index is 1.89. The Hall–Kier alpha value is -2.56. The van der Waals surface area contributed by atoms with Crippen LogP contribution in [0, 0.1) is 0 Å². The molecule has 1 aromatic heterocycles. The molecule has 0 unspecified atom stereocenters. The molecule has 0 fully saturated rings. The lowest BCUT2D eigenvalue weighted by Gasteiger charge is -2.06. The van der Waals surface area contributed by atoms with Crippen molar-refractivity contribution >= 4 is 17.5 Å². The molecule has 2 rings (SSSR count). The molecule has 2 amide bonds. The van der Waals surface area contributed by atoms with Gasteiger partial charge in [0.15, 0.2) is 0 Å². The van der Waals surface area contributed by atoms with Crippen LogP contribution in [0.3, 0.4) is 0 Å². The monoisotopic (exact) mass is 257 g/mol. The minimum atomic E-state index is -0.143. The number of amides is 2. The van der Waals surface area contributed by atoms with Gasteiger partial charge in [-0.15, -0.1) is 0 Å². The second-order valence-corrected chi connectivity index (χ2v) is 4.14. The van der Waals surface area contributed by atoms with Crippen LogP contribution < -0.4 is 10.6 Å². The van der Waals surface area contributed by atoms with Gasteiger partial charge < -0.3 is 15.6 Å². The van der Waals surface area contributed by atoms with E-state index in [2.05, 4.69) is 15.6 Å². The van der Waals surface area contributed by atoms with Crippen molar-refractivity contribution in [2.24, 2.45) is 0 Å². The van der Waals surface area contributed by atoms with Gasteiger partial charge >= 0.3 is 0 Å². The molecule has 1 heterocycles. The SMILES string of the molecule is CC(=O)Nc1ccc(CNC(=O)c2ccc[nH]2)cc1. The maximum atomic E-state index is 11.7. The number of carbonyl (C=O) groups excluding carboxylic acids is 2. The van der Waals surface area contributed by atoms with Crippen LogP contribution in [0.15, 0.2) is 42.6 Å². The zero-order valence-electron chi connectivity index (χ0n) is 10.6. The van der Waals surface area contributed by atoms with Crippen LogP contribution in [0.25, 0.3) is 0 Å². The van der Waals surface area contributed by atoms with Gasteiger partial charge in [0.1, 0.15) is 5.69 Å². The quantitative estimate of drug-likeness (QED) is 0.782. The molecule has 5 nitrogen and oxygen atoms in total. The summed E-state index contributed by atoms with van der Waals surface area (Å²) in [6.45, 7) is 1.91.